The molecule has 3 N–H and O–H groups in total. The highest BCUT2D eigenvalue weighted by Gasteiger charge is 2.04. The molecule has 0 radical (unpaired) electrons. The van der Waals surface area contributed by atoms with E-state index in [4.69, 9.17) is 5.84 Å². The number of rotatable bonds is 1. The fraction of sp³-hybridized carbons (Fsp3) is 0.222. The number of nitrogens with zero attached hydrogens (tertiary/aromatic N) is 1. The average Bonchev–Trinajstić information content (AvgIpc) is 2.11. The van der Waals surface area contributed by atoms with Gasteiger partial charge in [-0.15, -0.1) is 0 Å². The molecule has 0 heterocycles. The van der Waals surface area contributed by atoms with Crippen molar-refractivity contribution in [1.29, 1.82) is 0 Å². The molecule has 1 aromatic carbocycles. The number of anilines is 1. The smallest absolute Gasteiger partial charge is 0.307 e. The monoisotopic (exact) mass is 257 g/mol. The summed E-state index contributed by atoms with van der Waals surface area (Å²) in [5.41, 5.74) is 1.83. The number of carbonyl (C=O) groups is 1. The van der Waals surface area contributed by atoms with Gasteiger partial charge in [0.2, 0.25) is 0 Å². The topological polar surface area (TPSA) is 58.4 Å². The third-order valence-electron chi connectivity index (χ3n) is 1.74. The van der Waals surface area contributed by atoms with Gasteiger partial charge in [0.1, 0.15) is 0 Å². The van der Waals surface area contributed by atoms with E-state index in [1.54, 1.807) is 0 Å². The van der Waals surface area contributed by atoms with Crippen LogP contribution in [-0.2, 0) is 0 Å². The first-order chi connectivity index (χ1) is 6.50. The van der Waals surface area contributed by atoms with Gasteiger partial charge >= 0.3 is 6.03 Å². The molecule has 14 heavy (non-hydrogen) atoms. The first kappa shape index (κ1) is 11.0. The summed E-state index contributed by atoms with van der Waals surface area (Å²) >= 11 is 3.38. The predicted molar refractivity (Wildman–Crippen MR) is 59.8 cm³/mol. The molecule has 2 amide bonds. The molecule has 0 aliphatic heterocycles. The van der Waals surface area contributed by atoms with Crippen LogP contribution in [-0.4, -0.2) is 18.1 Å². The minimum Gasteiger partial charge on any atom is -0.307 e. The van der Waals surface area contributed by atoms with Gasteiger partial charge in [-0.2, -0.15) is 0 Å². The van der Waals surface area contributed by atoms with Gasteiger partial charge in [-0.1, -0.05) is 22.0 Å². The predicted octanol–water partition coefficient (Wildman–Crippen LogP) is 2.09. The zero-order valence-corrected chi connectivity index (χ0v) is 9.63. The van der Waals surface area contributed by atoms with Gasteiger partial charge in [0, 0.05) is 17.2 Å². The van der Waals surface area contributed by atoms with Gasteiger partial charge < -0.3 is 5.32 Å². The number of nitrogens with two attached hydrogens (primary N) is 1. The first-order valence-corrected chi connectivity index (χ1v) is 4.85. The van der Waals surface area contributed by atoms with E-state index < -0.39 is 0 Å². The number of aryl methyl sites for hydroxylation is 1. The highest BCUT2D eigenvalue weighted by molar-refractivity contribution is 9.10. The fourth-order valence-corrected chi connectivity index (χ4v) is 1.26. The maximum Gasteiger partial charge on any atom is 0.335 e. The molecule has 0 bridgehead atoms. The lowest BCUT2D eigenvalue weighted by Gasteiger charge is -2.12. The Morgan fingerprint density at radius 3 is 2.71 bits per heavy atom. The second kappa shape index (κ2) is 4.43. The number of urea groups is 1. The van der Waals surface area contributed by atoms with Crippen molar-refractivity contribution in [3.8, 4) is 0 Å². The maximum absolute atomic E-state index is 11.2. The summed E-state index contributed by atoms with van der Waals surface area (Å²) in [4.78, 5) is 11.2. The van der Waals surface area contributed by atoms with Crippen molar-refractivity contribution in [2.75, 3.05) is 12.4 Å². The van der Waals surface area contributed by atoms with Gasteiger partial charge in [-0.25, -0.2) is 10.6 Å². The lowest BCUT2D eigenvalue weighted by Crippen LogP contribution is -2.36. The van der Waals surface area contributed by atoms with E-state index in [0.29, 0.717) is 5.69 Å². The Bertz CT molecular complexity index is 352. The van der Waals surface area contributed by atoms with Crippen LogP contribution in [0.2, 0.25) is 0 Å². The molecule has 0 aliphatic rings. The average molecular weight is 258 g/mol. The van der Waals surface area contributed by atoms with Crippen LogP contribution >= 0.6 is 15.9 Å². The van der Waals surface area contributed by atoms with Crippen molar-refractivity contribution in [1.82, 2.24) is 5.01 Å². The van der Waals surface area contributed by atoms with Crippen molar-refractivity contribution >= 4 is 27.6 Å². The number of amides is 2. The van der Waals surface area contributed by atoms with E-state index >= 15 is 0 Å². The molecule has 0 saturated heterocycles. The number of hydrazine groups is 1. The second-order valence-corrected chi connectivity index (χ2v) is 3.86. The molecule has 0 unspecified atom stereocenters. The van der Waals surface area contributed by atoms with Crippen LogP contribution in [0.15, 0.2) is 22.7 Å². The van der Waals surface area contributed by atoms with Gasteiger partial charge in [0.25, 0.3) is 0 Å². The molecular formula is C9H12BrN3O. The van der Waals surface area contributed by atoms with Crippen molar-refractivity contribution in [2.45, 2.75) is 6.92 Å². The lowest BCUT2D eigenvalue weighted by molar-refractivity contribution is 0.223. The largest absolute Gasteiger partial charge is 0.335 e. The quantitative estimate of drug-likeness (QED) is 0.460. The summed E-state index contributed by atoms with van der Waals surface area (Å²) in [6.07, 6.45) is 0. The van der Waals surface area contributed by atoms with Crippen LogP contribution in [0.25, 0.3) is 0 Å². The Morgan fingerprint density at radius 2 is 2.21 bits per heavy atom. The summed E-state index contributed by atoms with van der Waals surface area (Å²) < 4.78 is 0.954. The molecule has 0 aromatic heterocycles. The summed E-state index contributed by atoms with van der Waals surface area (Å²) in [5.74, 6) is 5.26. The Morgan fingerprint density at radius 1 is 1.57 bits per heavy atom. The van der Waals surface area contributed by atoms with Crippen LogP contribution in [0, 0.1) is 6.92 Å². The van der Waals surface area contributed by atoms with E-state index in [-0.39, 0.29) is 6.03 Å². The molecule has 0 saturated carbocycles. The van der Waals surface area contributed by atoms with Gasteiger partial charge in [0.15, 0.2) is 0 Å². The number of benzene rings is 1. The van der Waals surface area contributed by atoms with Gasteiger partial charge in [0.05, 0.1) is 0 Å². The van der Waals surface area contributed by atoms with Crippen LogP contribution < -0.4 is 11.2 Å². The number of nitrogens with one attached hydrogen (secondary N) is 1. The van der Waals surface area contributed by atoms with E-state index in [0.717, 1.165) is 15.0 Å². The maximum atomic E-state index is 11.2. The standard InChI is InChI=1S/C9H12BrN3O/c1-6-3-4-7(5-8(6)10)12-9(14)13(2)11/h3-5H,11H2,1-2H3,(H,12,14). The van der Waals surface area contributed by atoms with Crippen LogP contribution in [0.4, 0.5) is 10.5 Å². The van der Waals surface area contributed by atoms with E-state index in [1.165, 1.54) is 7.05 Å². The number of carbonyl (C=O) groups excluding carboxylic acids is 1. The fourth-order valence-electron chi connectivity index (χ4n) is 0.882. The molecule has 4 nitrogen and oxygen atoms in total. The highest BCUT2D eigenvalue weighted by Crippen LogP contribution is 2.20. The zero-order valence-electron chi connectivity index (χ0n) is 8.04. The minimum atomic E-state index is -0.347. The first-order valence-electron chi connectivity index (χ1n) is 4.06. The summed E-state index contributed by atoms with van der Waals surface area (Å²) in [6, 6.07) is 5.22. The third-order valence-corrected chi connectivity index (χ3v) is 2.60. The molecule has 0 fully saturated rings. The van der Waals surface area contributed by atoms with Crippen LogP contribution in [0.1, 0.15) is 5.56 Å². The summed E-state index contributed by atoms with van der Waals surface area (Å²) in [7, 11) is 1.48. The van der Waals surface area contributed by atoms with E-state index in [9.17, 15) is 4.79 Å². The Balaban J connectivity index is 2.78. The van der Waals surface area contributed by atoms with E-state index in [1.807, 2.05) is 25.1 Å². The normalized spacial score (nSPS) is 9.71. The van der Waals surface area contributed by atoms with Crippen molar-refractivity contribution in [3.05, 3.63) is 28.2 Å². The molecule has 0 aliphatic carbocycles. The minimum absolute atomic E-state index is 0.347. The molecule has 5 heteroatoms. The second-order valence-electron chi connectivity index (χ2n) is 3.01. The zero-order chi connectivity index (χ0) is 10.7. The Labute approximate surface area is 91.2 Å². The molecular weight excluding hydrogens is 246 g/mol. The Kier molecular flexibility index (Phi) is 3.49. The molecule has 1 rings (SSSR count). The summed E-state index contributed by atoms with van der Waals surface area (Å²) in [6.45, 7) is 1.98. The van der Waals surface area contributed by atoms with Crippen molar-refractivity contribution < 1.29 is 4.79 Å². The van der Waals surface area contributed by atoms with Crippen molar-refractivity contribution in [2.24, 2.45) is 5.84 Å². The number of hydrogen-bond donors (Lipinski definition) is 2. The summed E-state index contributed by atoms with van der Waals surface area (Å²) in [5, 5.41) is 3.64. The molecule has 0 spiro atoms. The molecule has 1 aromatic rings. The highest BCUT2D eigenvalue weighted by atomic mass is 79.9. The van der Waals surface area contributed by atoms with Gasteiger partial charge in [-0.05, 0) is 24.6 Å². The van der Waals surface area contributed by atoms with Crippen molar-refractivity contribution in [3.63, 3.8) is 0 Å². The SMILES string of the molecule is Cc1ccc(NC(=O)N(C)N)cc1Br. The number of hydrogen-bond acceptors (Lipinski definition) is 2. The van der Waals surface area contributed by atoms with Crippen LogP contribution in [0.5, 0.6) is 0 Å². The third kappa shape index (κ3) is 2.71. The Hall–Kier alpha value is -1.07. The van der Waals surface area contributed by atoms with E-state index in [2.05, 4.69) is 21.2 Å². The van der Waals surface area contributed by atoms with Crippen LogP contribution in [0.3, 0.4) is 0 Å². The molecule has 76 valence electrons. The lowest BCUT2D eigenvalue weighted by atomic mass is 10.2. The van der Waals surface area contributed by atoms with Gasteiger partial charge in [-0.3, -0.25) is 5.01 Å². The number of halogens is 1. The molecule has 0 atom stereocenters.